The molecule has 0 saturated heterocycles. The molecular weight excluding hydrogens is 174 g/mol. The summed E-state index contributed by atoms with van der Waals surface area (Å²) in [5.74, 6) is 0.812. The van der Waals surface area contributed by atoms with E-state index in [-0.39, 0.29) is 0 Å². The average Bonchev–Trinajstić information content (AvgIpc) is 2.21. The van der Waals surface area contributed by atoms with Crippen LogP contribution in [0.5, 0.6) is 0 Å². The van der Waals surface area contributed by atoms with Crippen LogP contribution in [-0.2, 0) is 4.79 Å². The van der Waals surface area contributed by atoms with Crippen LogP contribution in [0.3, 0.4) is 0 Å². The van der Waals surface area contributed by atoms with Crippen LogP contribution in [0.2, 0.25) is 0 Å². The fraction of sp³-hybridized carbons (Fsp3) is 0.917. The van der Waals surface area contributed by atoms with Crippen molar-refractivity contribution >= 4 is 5.78 Å². The van der Waals surface area contributed by atoms with Crippen molar-refractivity contribution in [3.8, 4) is 0 Å². The standard InChI is InChI=1S/C12H25NO/c1-3-5-6-7-8-12(14)9-11(4-2)10-13/h11H,3-10,13H2,1-2H3. The summed E-state index contributed by atoms with van der Waals surface area (Å²) in [5, 5.41) is 0. The van der Waals surface area contributed by atoms with Crippen molar-refractivity contribution in [2.24, 2.45) is 11.7 Å². The molecule has 0 aromatic rings. The predicted octanol–water partition coefficient (Wildman–Crippen LogP) is 2.90. The number of unbranched alkanes of at least 4 members (excludes halogenated alkanes) is 3. The lowest BCUT2D eigenvalue weighted by Gasteiger charge is -2.10. The Morgan fingerprint density at radius 2 is 1.93 bits per heavy atom. The number of ketones is 1. The van der Waals surface area contributed by atoms with E-state index in [1.165, 1.54) is 19.3 Å². The minimum atomic E-state index is 0.401. The van der Waals surface area contributed by atoms with Crippen LogP contribution in [-0.4, -0.2) is 12.3 Å². The average molecular weight is 199 g/mol. The van der Waals surface area contributed by atoms with Crippen LogP contribution in [0.1, 0.15) is 58.8 Å². The van der Waals surface area contributed by atoms with Gasteiger partial charge in [0.05, 0.1) is 0 Å². The van der Waals surface area contributed by atoms with E-state index in [0.29, 0.717) is 24.7 Å². The van der Waals surface area contributed by atoms with Crippen molar-refractivity contribution in [2.45, 2.75) is 58.8 Å². The summed E-state index contributed by atoms with van der Waals surface area (Å²) >= 11 is 0. The van der Waals surface area contributed by atoms with Gasteiger partial charge in [-0.05, 0) is 18.9 Å². The Balaban J connectivity index is 3.44. The molecule has 1 unspecified atom stereocenters. The van der Waals surface area contributed by atoms with Crippen LogP contribution in [0.25, 0.3) is 0 Å². The van der Waals surface area contributed by atoms with Crippen LogP contribution in [0.15, 0.2) is 0 Å². The summed E-state index contributed by atoms with van der Waals surface area (Å²) in [5.41, 5.74) is 5.56. The highest BCUT2D eigenvalue weighted by Gasteiger charge is 2.09. The Morgan fingerprint density at radius 3 is 2.43 bits per heavy atom. The molecule has 2 nitrogen and oxygen atoms in total. The highest BCUT2D eigenvalue weighted by atomic mass is 16.1. The van der Waals surface area contributed by atoms with Crippen molar-refractivity contribution in [3.05, 3.63) is 0 Å². The Morgan fingerprint density at radius 1 is 1.21 bits per heavy atom. The summed E-state index contributed by atoms with van der Waals surface area (Å²) < 4.78 is 0. The second-order valence-corrected chi connectivity index (χ2v) is 4.06. The Hall–Kier alpha value is -0.370. The normalized spacial score (nSPS) is 12.8. The predicted molar refractivity (Wildman–Crippen MR) is 61.2 cm³/mol. The Labute approximate surface area is 88.3 Å². The molecule has 0 aromatic heterocycles. The van der Waals surface area contributed by atoms with Gasteiger partial charge in [-0.3, -0.25) is 4.79 Å². The van der Waals surface area contributed by atoms with Gasteiger partial charge >= 0.3 is 0 Å². The molecule has 0 radical (unpaired) electrons. The van der Waals surface area contributed by atoms with Gasteiger partial charge in [-0.25, -0.2) is 0 Å². The van der Waals surface area contributed by atoms with Crippen molar-refractivity contribution in [1.29, 1.82) is 0 Å². The Bertz CT molecular complexity index is 141. The van der Waals surface area contributed by atoms with Gasteiger partial charge in [0, 0.05) is 12.8 Å². The second kappa shape index (κ2) is 9.20. The zero-order valence-electron chi connectivity index (χ0n) is 9.72. The first-order valence-corrected chi connectivity index (χ1v) is 5.96. The summed E-state index contributed by atoms with van der Waals surface area (Å²) in [7, 11) is 0. The summed E-state index contributed by atoms with van der Waals surface area (Å²) in [6.45, 7) is 4.93. The molecule has 0 amide bonds. The molecule has 0 aliphatic carbocycles. The first-order valence-electron chi connectivity index (χ1n) is 5.96. The lowest BCUT2D eigenvalue weighted by atomic mass is 9.97. The lowest BCUT2D eigenvalue weighted by Crippen LogP contribution is -2.17. The van der Waals surface area contributed by atoms with Crippen LogP contribution in [0.4, 0.5) is 0 Å². The SMILES string of the molecule is CCCCCCC(=O)CC(CC)CN. The molecule has 0 rings (SSSR count). The molecule has 0 aromatic carbocycles. The summed E-state index contributed by atoms with van der Waals surface area (Å²) in [4.78, 5) is 11.5. The van der Waals surface area contributed by atoms with E-state index < -0.39 is 0 Å². The first kappa shape index (κ1) is 13.6. The van der Waals surface area contributed by atoms with Gasteiger partial charge < -0.3 is 5.73 Å². The third kappa shape index (κ3) is 7.07. The van der Waals surface area contributed by atoms with Gasteiger partial charge in [-0.15, -0.1) is 0 Å². The third-order valence-corrected chi connectivity index (χ3v) is 2.74. The first-order chi connectivity index (χ1) is 6.74. The van der Waals surface area contributed by atoms with E-state index in [1.54, 1.807) is 0 Å². The lowest BCUT2D eigenvalue weighted by molar-refractivity contribution is -0.120. The van der Waals surface area contributed by atoms with Gasteiger partial charge in [-0.2, -0.15) is 0 Å². The quantitative estimate of drug-likeness (QED) is 0.580. The molecule has 1 atom stereocenters. The highest BCUT2D eigenvalue weighted by Crippen LogP contribution is 2.11. The van der Waals surface area contributed by atoms with E-state index >= 15 is 0 Å². The minimum absolute atomic E-state index is 0.401. The highest BCUT2D eigenvalue weighted by molar-refractivity contribution is 5.78. The number of hydrogen-bond donors (Lipinski definition) is 1. The topological polar surface area (TPSA) is 43.1 Å². The molecule has 0 heterocycles. The fourth-order valence-corrected chi connectivity index (χ4v) is 1.57. The fourth-order valence-electron chi connectivity index (χ4n) is 1.57. The maximum absolute atomic E-state index is 11.5. The van der Waals surface area contributed by atoms with Gasteiger partial charge in [-0.1, -0.05) is 39.5 Å². The van der Waals surface area contributed by atoms with E-state index in [2.05, 4.69) is 13.8 Å². The monoisotopic (exact) mass is 199 g/mol. The molecule has 2 N–H and O–H groups in total. The second-order valence-electron chi connectivity index (χ2n) is 4.06. The van der Waals surface area contributed by atoms with Crippen LogP contribution < -0.4 is 5.73 Å². The largest absolute Gasteiger partial charge is 0.330 e. The maximum atomic E-state index is 11.5. The number of carbonyl (C=O) groups is 1. The molecule has 2 heteroatoms. The van der Waals surface area contributed by atoms with E-state index in [1.807, 2.05) is 0 Å². The molecule has 0 saturated carbocycles. The smallest absolute Gasteiger partial charge is 0.133 e. The number of rotatable bonds is 9. The van der Waals surface area contributed by atoms with E-state index in [4.69, 9.17) is 5.73 Å². The number of hydrogen-bond acceptors (Lipinski definition) is 2. The molecule has 0 aliphatic rings. The zero-order valence-corrected chi connectivity index (χ0v) is 9.72. The van der Waals surface area contributed by atoms with Crippen molar-refractivity contribution in [3.63, 3.8) is 0 Å². The number of nitrogens with two attached hydrogens (primary N) is 1. The van der Waals surface area contributed by atoms with Crippen LogP contribution >= 0.6 is 0 Å². The van der Waals surface area contributed by atoms with Gasteiger partial charge in [0.2, 0.25) is 0 Å². The molecule has 0 fully saturated rings. The number of Topliss-reactive ketones (excluding diaryl/α,β-unsaturated/α-hetero) is 1. The van der Waals surface area contributed by atoms with Gasteiger partial charge in [0.15, 0.2) is 0 Å². The molecular formula is C12H25NO. The molecule has 84 valence electrons. The van der Waals surface area contributed by atoms with Gasteiger partial charge in [0.25, 0.3) is 0 Å². The number of carbonyl (C=O) groups excluding carboxylic acids is 1. The minimum Gasteiger partial charge on any atom is -0.330 e. The molecule has 0 aliphatic heterocycles. The third-order valence-electron chi connectivity index (χ3n) is 2.74. The summed E-state index contributed by atoms with van der Waals surface area (Å²) in [6, 6.07) is 0. The van der Waals surface area contributed by atoms with E-state index in [9.17, 15) is 4.79 Å². The van der Waals surface area contributed by atoms with Crippen molar-refractivity contribution in [2.75, 3.05) is 6.54 Å². The molecule has 0 bridgehead atoms. The van der Waals surface area contributed by atoms with Crippen molar-refractivity contribution < 1.29 is 4.79 Å². The van der Waals surface area contributed by atoms with E-state index in [0.717, 1.165) is 19.3 Å². The Kier molecular flexibility index (Phi) is 8.95. The maximum Gasteiger partial charge on any atom is 0.133 e. The van der Waals surface area contributed by atoms with Crippen LogP contribution in [0, 0.1) is 5.92 Å². The van der Waals surface area contributed by atoms with Gasteiger partial charge in [0.1, 0.15) is 5.78 Å². The van der Waals surface area contributed by atoms with Crippen molar-refractivity contribution in [1.82, 2.24) is 0 Å². The zero-order chi connectivity index (χ0) is 10.8. The summed E-state index contributed by atoms with van der Waals surface area (Å²) in [6.07, 6.45) is 7.22. The molecule has 14 heavy (non-hydrogen) atoms. The molecule has 0 spiro atoms.